The van der Waals surface area contributed by atoms with Crippen molar-refractivity contribution >= 4 is 13.4 Å². The number of rotatable bonds is 25. The third-order valence-corrected chi connectivity index (χ3v) is 6.64. The van der Waals surface area contributed by atoms with Gasteiger partial charge < -0.3 is 24.2 Å². The molecule has 0 fully saturated rings. The highest BCUT2D eigenvalue weighted by atomic mass is 31.2. The van der Waals surface area contributed by atoms with Crippen molar-refractivity contribution in [3.63, 3.8) is 0 Å². The molecule has 10 heteroatoms. The summed E-state index contributed by atoms with van der Waals surface area (Å²) < 4.78 is 21.8. The Kier molecular flexibility index (Phi) is 19.8. The van der Waals surface area contributed by atoms with Gasteiger partial charge in [0.2, 0.25) is 0 Å². The van der Waals surface area contributed by atoms with E-state index in [1.807, 2.05) is 4.90 Å². The molecular formula is C26H50N3O6P. The molecule has 9 nitrogen and oxygen atoms in total. The molecule has 210 valence electrons. The molecule has 0 amide bonds. The smallest absolute Gasteiger partial charge is 0.350 e. The van der Waals surface area contributed by atoms with Crippen molar-refractivity contribution in [1.29, 1.82) is 0 Å². The second kappa shape index (κ2) is 21.8. The van der Waals surface area contributed by atoms with Gasteiger partial charge >= 0.3 is 13.3 Å². The van der Waals surface area contributed by atoms with Crippen molar-refractivity contribution in [2.75, 3.05) is 44.2 Å². The van der Waals surface area contributed by atoms with Gasteiger partial charge in [-0.25, -0.2) is 9.78 Å². The summed E-state index contributed by atoms with van der Waals surface area (Å²) in [6.45, 7) is 4.79. The van der Waals surface area contributed by atoms with Crippen LogP contribution in [0.3, 0.4) is 0 Å². The van der Waals surface area contributed by atoms with E-state index in [4.69, 9.17) is 19.3 Å². The Morgan fingerprint density at radius 3 is 1.92 bits per heavy atom. The molecule has 0 bridgehead atoms. The van der Waals surface area contributed by atoms with Crippen LogP contribution in [0.5, 0.6) is 0 Å². The first-order valence-electron chi connectivity index (χ1n) is 13.9. The zero-order valence-electron chi connectivity index (χ0n) is 22.4. The molecular weight excluding hydrogens is 481 g/mol. The van der Waals surface area contributed by atoms with E-state index in [-0.39, 0.29) is 6.61 Å². The lowest BCUT2D eigenvalue weighted by Gasteiger charge is -2.24. The summed E-state index contributed by atoms with van der Waals surface area (Å²) in [6, 6.07) is 1.69. The van der Waals surface area contributed by atoms with Crippen LogP contribution in [-0.2, 0) is 14.0 Å². The maximum atomic E-state index is 11.5. The molecule has 0 atom stereocenters. The standard InChI is InChI=1S/C26H50N3O6P/c1-2-3-4-5-6-7-8-9-10-11-12-13-14-15-21-34-22-16-19-29(20-23-35-24-36(31,32)33)25-17-18-27-26(30)28-25/h17-18H,2-16,19-24H2,1H3,(H,27,28,30)(H2,31,32,33). The van der Waals surface area contributed by atoms with Gasteiger partial charge in [0.15, 0.2) is 0 Å². The van der Waals surface area contributed by atoms with Crippen molar-refractivity contribution in [2.45, 2.75) is 103 Å². The van der Waals surface area contributed by atoms with Crippen LogP contribution in [0.25, 0.3) is 0 Å². The maximum absolute atomic E-state index is 11.5. The normalized spacial score (nSPS) is 11.8. The van der Waals surface area contributed by atoms with E-state index in [2.05, 4.69) is 16.9 Å². The third kappa shape index (κ3) is 19.9. The number of aromatic amines is 1. The SMILES string of the molecule is CCCCCCCCCCCCCCCCOCCCN(CCOCP(=O)(O)O)c1ccnc(=O)[nH]1. The number of nitrogens with one attached hydrogen (secondary N) is 1. The van der Waals surface area contributed by atoms with Gasteiger partial charge in [0.1, 0.15) is 12.2 Å². The number of aromatic nitrogens is 2. The monoisotopic (exact) mass is 531 g/mol. The number of anilines is 1. The summed E-state index contributed by atoms with van der Waals surface area (Å²) in [5.74, 6) is 0.599. The van der Waals surface area contributed by atoms with Crippen LogP contribution in [-0.4, -0.2) is 59.0 Å². The summed E-state index contributed by atoms with van der Waals surface area (Å²) in [5.41, 5.74) is -0.442. The van der Waals surface area contributed by atoms with Crippen LogP contribution in [0.4, 0.5) is 5.82 Å². The number of hydrogen-bond donors (Lipinski definition) is 3. The molecule has 0 aromatic carbocycles. The van der Waals surface area contributed by atoms with E-state index in [1.54, 1.807) is 6.07 Å². The Morgan fingerprint density at radius 2 is 1.36 bits per heavy atom. The predicted octanol–water partition coefficient (Wildman–Crippen LogP) is 5.62. The van der Waals surface area contributed by atoms with Crippen LogP contribution < -0.4 is 10.6 Å². The van der Waals surface area contributed by atoms with Crippen LogP contribution in [0.1, 0.15) is 103 Å². The topological polar surface area (TPSA) is 125 Å². The van der Waals surface area contributed by atoms with Crippen molar-refractivity contribution in [3.05, 3.63) is 22.7 Å². The Labute approximate surface area is 217 Å². The van der Waals surface area contributed by atoms with Crippen molar-refractivity contribution in [3.8, 4) is 0 Å². The highest BCUT2D eigenvalue weighted by molar-refractivity contribution is 7.51. The summed E-state index contributed by atoms with van der Waals surface area (Å²) in [4.78, 5) is 37.6. The number of hydrogen-bond acceptors (Lipinski definition) is 6. The van der Waals surface area contributed by atoms with Gasteiger partial charge in [0, 0.05) is 32.5 Å². The first-order valence-corrected chi connectivity index (χ1v) is 15.7. The van der Waals surface area contributed by atoms with Gasteiger partial charge in [-0.1, -0.05) is 90.4 Å². The van der Waals surface area contributed by atoms with Gasteiger partial charge in [0.25, 0.3) is 0 Å². The molecule has 0 aliphatic heterocycles. The van der Waals surface area contributed by atoms with Crippen LogP contribution in [0.2, 0.25) is 0 Å². The first kappa shape index (κ1) is 32.8. The molecule has 0 aliphatic rings. The second-order valence-corrected chi connectivity index (χ2v) is 11.1. The van der Waals surface area contributed by atoms with Gasteiger partial charge in [-0.15, -0.1) is 0 Å². The average molecular weight is 532 g/mol. The number of ether oxygens (including phenoxy) is 2. The van der Waals surface area contributed by atoms with E-state index in [9.17, 15) is 9.36 Å². The molecule has 0 radical (unpaired) electrons. The minimum absolute atomic E-state index is 0.134. The number of unbranched alkanes of at least 4 members (excludes halogenated alkanes) is 13. The minimum atomic E-state index is -4.19. The van der Waals surface area contributed by atoms with Crippen LogP contribution in [0.15, 0.2) is 17.1 Å². The third-order valence-electron chi connectivity index (χ3n) is 6.12. The van der Waals surface area contributed by atoms with E-state index in [1.165, 1.54) is 89.7 Å². The molecule has 1 rings (SSSR count). The summed E-state index contributed by atoms with van der Waals surface area (Å²) in [5, 5.41) is 0. The maximum Gasteiger partial charge on any atom is 0.350 e. The first-order chi connectivity index (χ1) is 17.4. The van der Waals surface area contributed by atoms with Gasteiger partial charge in [-0.05, 0) is 18.9 Å². The highest BCUT2D eigenvalue weighted by Crippen LogP contribution is 2.33. The molecule has 1 heterocycles. The number of H-pyrrole nitrogens is 1. The van der Waals surface area contributed by atoms with Gasteiger partial charge in [0.05, 0.1) is 6.61 Å². The van der Waals surface area contributed by atoms with Gasteiger partial charge in [-0.3, -0.25) is 9.55 Å². The Hall–Kier alpha value is -1.25. The fourth-order valence-corrected chi connectivity index (χ4v) is 4.48. The molecule has 1 aromatic heterocycles. The van der Waals surface area contributed by atoms with Crippen molar-refractivity contribution in [2.24, 2.45) is 0 Å². The van der Waals surface area contributed by atoms with E-state index in [0.29, 0.717) is 25.5 Å². The lowest BCUT2D eigenvalue weighted by molar-refractivity contribution is 0.127. The fourth-order valence-electron chi connectivity index (χ4n) is 4.11. The summed E-state index contributed by atoms with van der Waals surface area (Å²) in [6.07, 6.45) is 20.3. The zero-order valence-corrected chi connectivity index (χ0v) is 23.3. The largest absolute Gasteiger partial charge is 0.381 e. The summed E-state index contributed by atoms with van der Waals surface area (Å²) >= 11 is 0. The van der Waals surface area contributed by atoms with E-state index < -0.39 is 19.6 Å². The molecule has 0 spiro atoms. The fraction of sp³-hybridized carbons (Fsp3) is 0.846. The Morgan fingerprint density at radius 1 is 0.806 bits per heavy atom. The molecule has 0 saturated carbocycles. The lowest BCUT2D eigenvalue weighted by Crippen LogP contribution is -2.31. The van der Waals surface area contributed by atoms with Crippen LogP contribution >= 0.6 is 7.60 Å². The van der Waals surface area contributed by atoms with E-state index in [0.717, 1.165) is 19.4 Å². The molecule has 1 aromatic rings. The van der Waals surface area contributed by atoms with Crippen molar-refractivity contribution in [1.82, 2.24) is 9.97 Å². The van der Waals surface area contributed by atoms with Crippen molar-refractivity contribution < 1.29 is 23.8 Å². The zero-order chi connectivity index (χ0) is 26.3. The molecule has 0 aliphatic carbocycles. The average Bonchev–Trinajstić information content (AvgIpc) is 2.84. The highest BCUT2D eigenvalue weighted by Gasteiger charge is 2.13. The molecule has 36 heavy (non-hydrogen) atoms. The lowest BCUT2D eigenvalue weighted by atomic mass is 10.0. The van der Waals surface area contributed by atoms with E-state index >= 15 is 0 Å². The predicted molar refractivity (Wildman–Crippen MR) is 146 cm³/mol. The molecule has 0 unspecified atom stereocenters. The van der Waals surface area contributed by atoms with Gasteiger partial charge in [-0.2, -0.15) is 0 Å². The van der Waals surface area contributed by atoms with Crippen LogP contribution in [0, 0.1) is 0 Å². The molecule has 0 saturated heterocycles. The quantitative estimate of drug-likeness (QED) is 0.110. The second-order valence-electron chi connectivity index (χ2n) is 9.51. The Bertz CT molecular complexity index is 742. The minimum Gasteiger partial charge on any atom is -0.381 e. The molecule has 3 N–H and O–H groups in total. The Balaban J connectivity index is 2.03. The summed E-state index contributed by atoms with van der Waals surface area (Å²) in [7, 11) is -4.19. The number of nitrogens with zero attached hydrogens (tertiary/aromatic N) is 2.